The molecule has 1 aromatic heterocycles. The lowest BCUT2D eigenvalue weighted by atomic mass is 10.2. The van der Waals surface area contributed by atoms with Crippen molar-refractivity contribution in [2.45, 2.75) is 6.54 Å². The van der Waals surface area contributed by atoms with Gasteiger partial charge in [-0.05, 0) is 27.6 Å². The van der Waals surface area contributed by atoms with E-state index in [-0.39, 0.29) is 5.75 Å². The summed E-state index contributed by atoms with van der Waals surface area (Å²) in [7, 11) is 1.94. The first-order valence-corrected chi connectivity index (χ1v) is 5.09. The molecule has 3 nitrogen and oxygen atoms in total. The molecule has 0 spiro atoms. The van der Waals surface area contributed by atoms with Crippen LogP contribution in [0.4, 0.5) is 0 Å². The number of aryl methyl sites for hydroxylation is 1. The van der Waals surface area contributed by atoms with Gasteiger partial charge in [-0.25, -0.2) is 0 Å². The van der Waals surface area contributed by atoms with E-state index in [4.69, 9.17) is 5.73 Å². The zero-order valence-electron chi connectivity index (χ0n) is 7.79. The average Bonchev–Trinajstić information content (AvgIpc) is 2.45. The molecule has 0 saturated carbocycles. The number of phenolic OH excluding ortho intramolecular Hbond substituents is 1. The van der Waals surface area contributed by atoms with Crippen LogP contribution in [0.3, 0.4) is 0 Å². The van der Waals surface area contributed by atoms with Gasteiger partial charge in [0.15, 0.2) is 0 Å². The van der Waals surface area contributed by atoms with E-state index in [1.165, 1.54) is 0 Å². The number of aromatic nitrogens is 1. The summed E-state index contributed by atoms with van der Waals surface area (Å²) in [6.07, 6.45) is 1.98. The third-order valence-corrected chi connectivity index (χ3v) is 3.00. The fraction of sp³-hybridized carbons (Fsp3) is 0.200. The van der Waals surface area contributed by atoms with Gasteiger partial charge in [-0.15, -0.1) is 0 Å². The Morgan fingerprint density at radius 3 is 2.86 bits per heavy atom. The molecule has 74 valence electrons. The van der Waals surface area contributed by atoms with Crippen LogP contribution in [0.25, 0.3) is 10.9 Å². The average molecular weight is 255 g/mol. The quantitative estimate of drug-likeness (QED) is 0.819. The Bertz CT molecular complexity index is 490. The second-order valence-electron chi connectivity index (χ2n) is 3.29. The molecule has 0 fully saturated rings. The maximum Gasteiger partial charge on any atom is 0.131 e. The van der Waals surface area contributed by atoms with Gasteiger partial charge < -0.3 is 15.4 Å². The predicted octanol–water partition coefficient (Wildman–Crippen LogP) is 2.11. The summed E-state index contributed by atoms with van der Waals surface area (Å²) < 4.78 is 2.66. The lowest BCUT2D eigenvalue weighted by molar-refractivity contribution is 0.472. The molecule has 1 heterocycles. The standard InChI is InChI=1S/C10H11BrN2O/c1-13-5-6(4-12)7-2-8(11)10(14)3-9(7)13/h2-3,5,14H,4,12H2,1H3. The Hall–Kier alpha value is -1.00. The first-order chi connectivity index (χ1) is 6.63. The first kappa shape index (κ1) is 9.55. The van der Waals surface area contributed by atoms with Crippen molar-refractivity contribution in [2.75, 3.05) is 0 Å². The van der Waals surface area contributed by atoms with Gasteiger partial charge in [0.1, 0.15) is 5.75 Å². The number of halogens is 1. The monoisotopic (exact) mass is 254 g/mol. The van der Waals surface area contributed by atoms with Crippen LogP contribution in [-0.4, -0.2) is 9.67 Å². The van der Waals surface area contributed by atoms with Crippen LogP contribution in [0.1, 0.15) is 5.56 Å². The molecule has 2 rings (SSSR count). The molecule has 0 aliphatic rings. The molecule has 4 heteroatoms. The first-order valence-electron chi connectivity index (χ1n) is 4.30. The predicted molar refractivity (Wildman–Crippen MR) is 60.2 cm³/mol. The summed E-state index contributed by atoms with van der Waals surface area (Å²) in [5.41, 5.74) is 7.70. The van der Waals surface area contributed by atoms with E-state index >= 15 is 0 Å². The van der Waals surface area contributed by atoms with Gasteiger partial charge in [-0.1, -0.05) is 0 Å². The molecule has 0 bridgehead atoms. The molecule has 2 aromatic rings. The molecular formula is C10H11BrN2O. The summed E-state index contributed by atoms with van der Waals surface area (Å²) in [6, 6.07) is 3.63. The van der Waals surface area contributed by atoms with Crippen molar-refractivity contribution < 1.29 is 5.11 Å². The molecule has 0 unspecified atom stereocenters. The molecule has 0 aliphatic heterocycles. The number of nitrogens with zero attached hydrogens (tertiary/aromatic N) is 1. The van der Waals surface area contributed by atoms with Crippen molar-refractivity contribution >= 4 is 26.8 Å². The van der Waals surface area contributed by atoms with Gasteiger partial charge in [0.05, 0.1) is 9.99 Å². The molecule has 0 saturated heterocycles. The minimum Gasteiger partial charge on any atom is -0.507 e. The van der Waals surface area contributed by atoms with E-state index in [0.29, 0.717) is 11.0 Å². The van der Waals surface area contributed by atoms with Crippen LogP contribution >= 0.6 is 15.9 Å². The number of rotatable bonds is 1. The Balaban J connectivity index is 2.84. The highest BCUT2D eigenvalue weighted by Gasteiger charge is 2.08. The minimum atomic E-state index is 0.252. The number of nitrogens with two attached hydrogens (primary N) is 1. The maximum absolute atomic E-state index is 9.53. The third-order valence-electron chi connectivity index (χ3n) is 2.36. The number of hydrogen-bond acceptors (Lipinski definition) is 2. The van der Waals surface area contributed by atoms with Crippen molar-refractivity contribution in [3.8, 4) is 5.75 Å². The molecule has 3 N–H and O–H groups in total. The number of aromatic hydroxyl groups is 1. The largest absolute Gasteiger partial charge is 0.507 e. The van der Waals surface area contributed by atoms with Gasteiger partial charge in [-0.2, -0.15) is 0 Å². The molecular weight excluding hydrogens is 244 g/mol. The molecule has 0 aliphatic carbocycles. The van der Waals surface area contributed by atoms with Crippen LogP contribution < -0.4 is 5.73 Å². The van der Waals surface area contributed by atoms with E-state index in [1.807, 2.05) is 23.9 Å². The highest BCUT2D eigenvalue weighted by molar-refractivity contribution is 9.10. The number of fused-ring (bicyclic) bond motifs is 1. The number of benzene rings is 1. The summed E-state index contributed by atoms with van der Waals surface area (Å²) in [6.45, 7) is 0.508. The Morgan fingerprint density at radius 1 is 1.50 bits per heavy atom. The number of hydrogen-bond donors (Lipinski definition) is 2. The Kier molecular flexibility index (Phi) is 2.25. The van der Waals surface area contributed by atoms with Crippen molar-refractivity contribution in [3.05, 3.63) is 28.4 Å². The van der Waals surface area contributed by atoms with Crippen LogP contribution in [0, 0.1) is 0 Å². The number of phenols is 1. The van der Waals surface area contributed by atoms with E-state index < -0.39 is 0 Å². The van der Waals surface area contributed by atoms with Crippen molar-refractivity contribution in [3.63, 3.8) is 0 Å². The highest BCUT2D eigenvalue weighted by atomic mass is 79.9. The summed E-state index contributed by atoms with van der Waals surface area (Å²) >= 11 is 3.29. The topological polar surface area (TPSA) is 51.2 Å². The lowest BCUT2D eigenvalue weighted by Crippen LogP contribution is -1.94. The molecule has 0 radical (unpaired) electrons. The molecule has 0 atom stereocenters. The van der Waals surface area contributed by atoms with Crippen LogP contribution in [0.5, 0.6) is 5.75 Å². The molecule has 0 amide bonds. The summed E-state index contributed by atoms with van der Waals surface area (Å²) in [5.74, 6) is 0.252. The van der Waals surface area contributed by atoms with E-state index in [2.05, 4.69) is 15.9 Å². The van der Waals surface area contributed by atoms with Gasteiger partial charge in [0, 0.05) is 31.2 Å². The summed E-state index contributed by atoms with van der Waals surface area (Å²) in [4.78, 5) is 0. The normalized spacial score (nSPS) is 11.1. The van der Waals surface area contributed by atoms with Gasteiger partial charge in [0.25, 0.3) is 0 Å². The van der Waals surface area contributed by atoms with Crippen molar-refractivity contribution in [1.82, 2.24) is 4.57 Å². The van der Waals surface area contributed by atoms with Crippen molar-refractivity contribution in [1.29, 1.82) is 0 Å². The highest BCUT2D eigenvalue weighted by Crippen LogP contribution is 2.31. The van der Waals surface area contributed by atoms with Crippen molar-refractivity contribution in [2.24, 2.45) is 12.8 Å². The minimum absolute atomic E-state index is 0.252. The van der Waals surface area contributed by atoms with Gasteiger partial charge in [-0.3, -0.25) is 0 Å². The SMILES string of the molecule is Cn1cc(CN)c2cc(Br)c(O)cc21. The smallest absolute Gasteiger partial charge is 0.131 e. The summed E-state index contributed by atoms with van der Waals surface area (Å²) in [5, 5.41) is 10.6. The maximum atomic E-state index is 9.53. The zero-order valence-corrected chi connectivity index (χ0v) is 9.37. The fourth-order valence-corrected chi connectivity index (χ4v) is 1.98. The lowest BCUT2D eigenvalue weighted by Gasteiger charge is -2.00. The van der Waals surface area contributed by atoms with E-state index in [0.717, 1.165) is 16.5 Å². The van der Waals surface area contributed by atoms with Gasteiger partial charge in [0.2, 0.25) is 0 Å². The zero-order chi connectivity index (χ0) is 10.3. The Morgan fingerprint density at radius 2 is 2.21 bits per heavy atom. The molecule has 14 heavy (non-hydrogen) atoms. The van der Waals surface area contributed by atoms with Crippen LogP contribution in [0.15, 0.2) is 22.8 Å². The third kappa shape index (κ3) is 1.31. The Labute approximate surface area is 90.3 Å². The second kappa shape index (κ2) is 3.29. The van der Waals surface area contributed by atoms with E-state index in [1.54, 1.807) is 6.07 Å². The van der Waals surface area contributed by atoms with Crippen LogP contribution in [-0.2, 0) is 13.6 Å². The van der Waals surface area contributed by atoms with E-state index in [9.17, 15) is 5.11 Å². The molecule has 1 aromatic carbocycles. The fourth-order valence-electron chi connectivity index (χ4n) is 1.64. The second-order valence-corrected chi connectivity index (χ2v) is 4.14. The van der Waals surface area contributed by atoms with Crippen LogP contribution in [0.2, 0.25) is 0 Å². The van der Waals surface area contributed by atoms with Gasteiger partial charge >= 0.3 is 0 Å².